The SMILES string of the molecule is COCC1CN(C(=O)Cc2ccn[nH]2)CC(C)(C)O1. The zero-order valence-corrected chi connectivity index (χ0v) is 11.7. The van der Waals surface area contributed by atoms with Crippen LogP contribution in [0.4, 0.5) is 0 Å². The largest absolute Gasteiger partial charge is 0.382 e. The highest BCUT2D eigenvalue weighted by Gasteiger charge is 2.35. The lowest BCUT2D eigenvalue weighted by atomic mass is 10.0. The van der Waals surface area contributed by atoms with Crippen LogP contribution in [0.5, 0.6) is 0 Å². The Morgan fingerprint density at radius 2 is 2.47 bits per heavy atom. The summed E-state index contributed by atoms with van der Waals surface area (Å²) in [5.41, 5.74) is 0.489. The summed E-state index contributed by atoms with van der Waals surface area (Å²) in [5, 5.41) is 6.66. The molecule has 106 valence electrons. The molecule has 1 amide bonds. The van der Waals surface area contributed by atoms with Gasteiger partial charge in [0.05, 0.1) is 24.7 Å². The summed E-state index contributed by atoms with van der Waals surface area (Å²) in [6, 6.07) is 1.82. The number of rotatable bonds is 4. The van der Waals surface area contributed by atoms with Crippen LogP contribution in [0.15, 0.2) is 12.3 Å². The van der Waals surface area contributed by atoms with Crippen LogP contribution in [0.2, 0.25) is 0 Å². The van der Waals surface area contributed by atoms with Gasteiger partial charge >= 0.3 is 0 Å². The molecule has 1 aromatic heterocycles. The van der Waals surface area contributed by atoms with E-state index in [9.17, 15) is 4.79 Å². The van der Waals surface area contributed by atoms with Gasteiger partial charge in [0.25, 0.3) is 0 Å². The summed E-state index contributed by atoms with van der Waals surface area (Å²) < 4.78 is 11.0. The monoisotopic (exact) mass is 267 g/mol. The van der Waals surface area contributed by atoms with Crippen molar-refractivity contribution < 1.29 is 14.3 Å². The highest BCUT2D eigenvalue weighted by Crippen LogP contribution is 2.21. The number of aromatic nitrogens is 2. The number of morpholine rings is 1. The number of amides is 1. The molecule has 0 bridgehead atoms. The first kappa shape index (κ1) is 14.0. The van der Waals surface area contributed by atoms with Gasteiger partial charge in [0.1, 0.15) is 0 Å². The Labute approximate surface area is 113 Å². The topological polar surface area (TPSA) is 67.5 Å². The molecule has 1 aliphatic rings. The molecule has 0 aliphatic carbocycles. The molecule has 1 saturated heterocycles. The first-order chi connectivity index (χ1) is 9.00. The van der Waals surface area contributed by atoms with Gasteiger partial charge in [0.15, 0.2) is 0 Å². The van der Waals surface area contributed by atoms with Gasteiger partial charge < -0.3 is 14.4 Å². The van der Waals surface area contributed by atoms with Crippen LogP contribution in [0.1, 0.15) is 19.5 Å². The van der Waals surface area contributed by atoms with Gasteiger partial charge in [-0.15, -0.1) is 0 Å². The maximum atomic E-state index is 12.3. The number of carbonyl (C=O) groups is 1. The molecule has 0 saturated carbocycles. The molecule has 1 N–H and O–H groups in total. The fraction of sp³-hybridized carbons (Fsp3) is 0.692. The molecule has 19 heavy (non-hydrogen) atoms. The molecular formula is C13H21N3O3. The molecular weight excluding hydrogens is 246 g/mol. The van der Waals surface area contributed by atoms with Crippen molar-refractivity contribution in [3.05, 3.63) is 18.0 Å². The number of aromatic amines is 1. The van der Waals surface area contributed by atoms with E-state index >= 15 is 0 Å². The van der Waals surface area contributed by atoms with Crippen molar-refractivity contribution in [2.45, 2.75) is 32.0 Å². The molecule has 0 spiro atoms. The van der Waals surface area contributed by atoms with E-state index in [0.717, 1.165) is 5.69 Å². The molecule has 6 heteroatoms. The van der Waals surface area contributed by atoms with Gasteiger partial charge in [-0.05, 0) is 19.9 Å². The zero-order valence-electron chi connectivity index (χ0n) is 11.7. The van der Waals surface area contributed by atoms with Crippen molar-refractivity contribution in [1.29, 1.82) is 0 Å². The van der Waals surface area contributed by atoms with Crippen LogP contribution in [-0.2, 0) is 20.7 Å². The number of H-pyrrole nitrogens is 1. The third kappa shape index (κ3) is 3.78. The fourth-order valence-electron chi connectivity index (χ4n) is 2.42. The van der Waals surface area contributed by atoms with Crippen molar-refractivity contribution in [3.63, 3.8) is 0 Å². The summed E-state index contributed by atoms with van der Waals surface area (Å²) in [4.78, 5) is 14.1. The first-order valence-electron chi connectivity index (χ1n) is 6.43. The van der Waals surface area contributed by atoms with Crippen LogP contribution in [0, 0.1) is 0 Å². The average molecular weight is 267 g/mol. The molecule has 1 aromatic rings. The van der Waals surface area contributed by atoms with Crippen molar-refractivity contribution in [2.24, 2.45) is 0 Å². The van der Waals surface area contributed by atoms with Crippen molar-refractivity contribution in [2.75, 3.05) is 26.8 Å². The van der Waals surface area contributed by atoms with Crippen molar-refractivity contribution >= 4 is 5.91 Å². The van der Waals surface area contributed by atoms with Crippen LogP contribution < -0.4 is 0 Å². The van der Waals surface area contributed by atoms with Crippen molar-refractivity contribution in [3.8, 4) is 0 Å². The highest BCUT2D eigenvalue weighted by atomic mass is 16.5. The van der Waals surface area contributed by atoms with E-state index < -0.39 is 0 Å². The minimum absolute atomic E-state index is 0.0699. The third-order valence-corrected chi connectivity index (χ3v) is 3.09. The number of hydrogen-bond donors (Lipinski definition) is 1. The minimum atomic E-state index is -0.342. The summed E-state index contributed by atoms with van der Waals surface area (Å²) >= 11 is 0. The van der Waals surface area contributed by atoms with Crippen LogP contribution >= 0.6 is 0 Å². The first-order valence-corrected chi connectivity index (χ1v) is 6.43. The fourth-order valence-corrected chi connectivity index (χ4v) is 2.42. The average Bonchev–Trinajstić information content (AvgIpc) is 2.80. The molecule has 2 rings (SSSR count). The van der Waals surface area contributed by atoms with E-state index in [2.05, 4.69) is 10.2 Å². The maximum absolute atomic E-state index is 12.3. The lowest BCUT2D eigenvalue weighted by Crippen LogP contribution is -2.56. The summed E-state index contributed by atoms with van der Waals surface area (Å²) in [6.45, 7) is 5.65. The molecule has 1 fully saturated rings. The molecule has 2 heterocycles. The predicted octanol–water partition coefficient (Wildman–Crippen LogP) is 0.605. The number of nitrogens with zero attached hydrogens (tertiary/aromatic N) is 2. The summed E-state index contributed by atoms with van der Waals surface area (Å²) in [6.07, 6.45) is 1.93. The molecule has 1 aliphatic heterocycles. The van der Waals surface area contributed by atoms with E-state index in [1.54, 1.807) is 13.3 Å². The molecule has 1 atom stereocenters. The van der Waals surface area contributed by atoms with Crippen LogP contribution in [0.3, 0.4) is 0 Å². The Hall–Kier alpha value is -1.40. The minimum Gasteiger partial charge on any atom is -0.382 e. The van der Waals surface area contributed by atoms with Crippen molar-refractivity contribution in [1.82, 2.24) is 15.1 Å². The van der Waals surface area contributed by atoms with E-state index in [0.29, 0.717) is 26.1 Å². The second-order valence-electron chi connectivity index (χ2n) is 5.49. The van der Waals surface area contributed by atoms with E-state index in [4.69, 9.17) is 9.47 Å². The van der Waals surface area contributed by atoms with Gasteiger partial charge in [-0.2, -0.15) is 5.10 Å². The normalized spacial score (nSPS) is 22.5. The molecule has 0 aromatic carbocycles. The Morgan fingerprint density at radius 1 is 1.68 bits per heavy atom. The van der Waals surface area contributed by atoms with E-state index in [1.165, 1.54) is 0 Å². The number of nitrogens with one attached hydrogen (secondary N) is 1. The van der Waals surface area contributed by atoms with Gasteiger partial charge in [0, 0.05) is 32.1 Å². The second-order valence-corrected chi connectivity index (χ2v) is 5.49. The molecule has 6 nitrogen and oxygen atoms in total. The summed E-state index contributed by atoms with van der Waals surface area (Å²) in [5.74, 6) is 0.0849. The van der Waals surface area contributed by atoms with E-state index in [-0.39, 0.29) is 17.6 Å². The Balaban J connectivity index is 1.99. The van der Waals surface area contributed by atoms with E-state index in [1.807, 2.05) is 24.8 Å². The maximum Gasteiger partial charge on any atom is 0.228 e. The van der Waals surface area contributed by atoms with Gasteiger partial charge in [-0.25, -0.2) is 0 Å². The van der Waals surface area contributed by atoms with Crippen LogP contribution in [-0.4, -0.2) is 59.5 Å². The molecule has 0 radical (unpaired) electrons. The number of hydrogen-bond acceptors (Lipinski definition) is 4. The predicted molar refractivity (Wildman–Crippen MR) is 69.7 cm³/mol. The second kappa shape index (κ2) is 5.71. The number of carbonyl (C=O) groups excluding carboxylic acids is 1. The number of ether oxygens (including phenoxy) is 2. The Morgan fingerprint density at radius 3 is 3.11 bits per heavy atom. The zero-order chi connectivity index (χ0) is 13.9. The standard InChI is InChI=1S/C13H21N3O3/c1-13(2)9-16(7-11(19-13)8-18-3)12(17)6-10-4-5-14-15-10/h4-5,11H,6-9H2,1-3H3,(H,14,15). The Bertz CT molecular complexity index is 417. The lowest BCUT2D eigenvalue weighted by molar-refractivity contribution is -0.168. The highest BCUT2D eigenvalue weighted by molar-refractivity contribution is 5.78. The van der Waals surface area contributed by atoms with Crippen LogP contribution in [0.25, 0.3) is 0 Å². The number of methoxy groups -OCH3 is 1. The quantitative estimate of drug-likeness (QED) is 0.867. The smallest absolute Gasteiger partial charge is 0.228 e. The summed E-state index contributed by atoms with van der Waals surface area (Å²) in [7, 11) is 1.64. The lowest BCUT2D eigenvalue weighted by Gasteiger charge is -2.42. The van der Waals surface area contributed by atoms with Gasteiger partial charge in [-0.3, -0.25) is 9.89 Å². The third-order valence-electron chi connectivity index (χ3n) is 3.09. The van der Waals surface area contributed by atoms with Gasteiger partial charge in [0.2, 0.25) is 5.91 Å². The Kier molecular flexibility index (Phi) is 4.21. The van der Waals surface area contributed by atoms with Gasteiger partial charge in [-0.1, -0.05) is 0 Å². The molecule has 1 unspecified atom stereocenters.